The second kappa shape index (κ2) is 4.14. The number of hydrogen-bond acceptors (Lipinski definition) is 2. The number of fused-ring (bicyclic) bond motifs is 1. The quantitative estimate of drug-likeness (QED) is 0.842. The Hall–Kier alpha value is -1.81. The van der Waals surface area contributed by atoms with Crippen LogP contribution in [0, 0.1) is 5.92 Å². The number of aromatic amines is 1. The second-order valence-corrected chi connectivity index (χ2v) is 4.66. The zero-order valence-electron chi connectivity index (χ0n) is 10.2. The minimum atomic E-state index is -0.614. The van der Waals surface area contributed by atoms with E-state index in [1.54, 1.807) is 6.92 Å². The lowest BCUT2D eigenvalue weighted by Crippen LogP contribution is -2.52. The van der Waals surface area contributed by atoms with Crippen molar-refractivity contribution in [3.8, 4) is 0 Å². The number of amides is 1. The molecule has 0 saturated carbocycles. The molecule has 18 heavy (non-hydrogen) atoms. The molecule has 0 bridgehead atoms. The topological polar surface area (TPSA) is 56.3 Å². The fraction of sp³-hybridized carbons (Fsp3) is 0.286. The molecule has 93 valence electrons. The lowest BCUT2D eigenvalue weighted by molar-refractivity contribution is -0.151. The average molecular weight is 243 g/mol. The molecule has 3 rings (SSSR count). The first-order valence-electron chi connectivity index (χ1n) is 6.07. The standard InChI is InChI=1S/C14H15N2O2/c1-9(14(18)16-7-6-13(16)17)12-8-10-4-2-3-5-11(10)15-12/h2-5,8,13,15,17H,6-7H2,1H3. The predicted molar refractivity (Wildman–Crippen MR) is 68.7 cm³/mol. The van der Waals surface area contributed by atoms with Gasteiger partial charge in [-0.25, -0.2) is 0 Å². The Morgan fingerprint density at radius 3 is 2.83 bits per heavy atom. The highest BCUT2D eigenvalue weighted by molar-refractivity contribution is 5.95. The molecule has 4 nitrogen and oxygen atoms in total. The minimum absolute atomic E-state index is 0.0969. The molecule has 1 unspecified atom stereocenters. The molecule has 1 aromatic carbocycles. The fourth-order valence-corrected chi connectivity index (χ4v) is 2.22. The highest BCUT2D eigenvalue weighted by Crippen LogP contribution is 2.25. The summed E-state index contributed by atoms with van der Waals surface area (Å²) in [6.07, 6.45) is 0.0583. The van der Waals surface area contributed by atoms with Gasteiger partial charge in [0.1, 0.15) is 12.1 Å². The largest absolute Gasteiger partial charge is 0.373 e. The summed E-state index contributed by atoms with van der Waals surface area (Å²) in [4.78, 5) is 16.8. The third-order valence-electron chi connectivity index (χ3n) is 3.50. The van der Waals surface area contributed by atoms with Crippen molar-refractivity contribution in [1.29, 1.82) is 0 Å². The number of carbonyl (C=O) groups excluding carboxylic acids is 1. The molecule has 4 heteroatoms. The van der Waals surface area contributed by atoms with E-state index in [2.05, 4.69) is 4.98 Å². The van der Waals surface area contributed by atoms with Crippen LogP contribution < -0.4 is 0 Å². The zero-order chi connectivity index (χ0) is 12.7. The molecular formula is C14H15N2O2. The van der Waals surface area contributed by atoms with Crippen molar-refractivity contribution in [2.45, 2.75) is 19.6 Å². The van der Waals surface area contributed by atoms with Crippen molar-refractivity contribution in [2.24, 2.45) is 0 Å². The van der Waals surface area contributed by atoms with Crippen molar-refractivity contribution in [2.75, 3.05) is 6.54 Å². The molecule has 1 aliphatic heterocycles. The minimum Gasteiger partial charge on any atom is -0.373 e. The number of para-hydroxylation sites is 1. The van der Waals surface area contributed by atoms with Gasteiger partial charge in [0.25, 0.3) is 0 Å². The van der Waals surface area contributed by atoms with Crippen LogP contribution in [0.1, 0.15) is 19.0 Å². The zero-order valence-corrected chi connectivity index (χ0v) is 10.2. The van der Waals surface area contributed by atoms with Crippen LogP contribution in [0.15, 0.2) is 30.3 Å². The number of H-pyrrole nitrogens is 1. The number of hydrogen-bond donors (Lipinski definition) is 2. The Bertz CT molecular complexity index is 557. The molecule has 2 N–H and O–H groups in total. The van der Waals surface area contributed by atoms with Gasteiger partial charge >= 0.3 is 0 Å². The van der Waals surface area contributed by atoms with Gasteiger partial charge in [-0.3, -0.25) is 4.79 Å². The second-order valence-electron chi connectivity index (χ2n) is 4.66. The van der Waals surface area contributed by atoms with E-state index < -0.39 is 6.23 Å². The van der Waals surface area contributed by atoms with E-state index in [1.807, 2.05) is 30.3 Å². The van der Waals surface area contributed by atoms with E-state index >= 15 is 0 Å². The maximum absolute atomic E-state index is 12.1. The number of nitrogens with one attached hydrogen (secondary N) is 1. The van der Waals surface area contributed by atoms with Crippen LogP contribution in [0.4, 0.5) is 0 Å². The summed E-state index contributed by atoms with van der Waals surface area (Å²) >= 11 is 0. The molecule has 0 aliphatic carbocycles. The summed E-state index contributed by atoms with van der Waals surface area (Å²) in [6, 6.07) is 9.88. The van der Waals surface area contributed by atoms with Crippen molar-refractivity contribution < 1.29 is 9.90 Å². The molecule has 1 aromatic heterocycles. The van der Waals surface area contributed by atoms with E-state index in [0.717, 1.165) is 16.6 Å². The number of aliphatic hydroxyl groups excluding tert-OH is 1. The third kappa shape index (κ3) is 1.69. The molecule has 1 radical (unpaired) electrons. The maximum atomic E-state index is 12.1. The summed E-state index contributed by atoms with van der Waals surface area (Å²) < 4.78 is 0. The smallest absolute Gasteiger partial charge is 0.237 e. The van der Waals surface area contributed by atoms with Gasteiger partial charge in [-0.1, -0.05) is 18.2 Å². The Morgan fingerprint density at radius 1 is 1.44 bits per heavy atom. The number of rotatable bonds is 2. The monoisotopic (exact) mass is 243 g/mol. The summed E-state index contributed by atoms with van der Waals surface area (Å²) in [6.45, 7) is 2.43. The Labute approximate surface area is 105 Å². The van der Waals surface area contributed by atoms with Gasteiger partial charge in [-0.15, -0.1) is 0 Å². The van der Waals surface area contributed by atoms with E-state index in [1.165, 1.54) is 4.90 Å². The van der Waals surface area contributed by atoms with Crippen molar-refractivity contribution in [1.82, 2.24) is 9.88 Å². The maximum Gasteiger partial charge on any atom is 0.237 e. The first-order valence-corrected chi connectivity index (χ1v) is 6.07. The van der Waals surface area contributed by atoms with E-state index in [0.29, 0.717) is 18.9 Å². The summed E-state index contributed by atoms with van der Waals surface area (Å²) in [5.74, 6) is 0.547. The molecule has 2 heterocycles. The van der Waals surface area contributed by atoms with Gasteiger partial charge in [-0.05, 0) is 24.4 Å². The van der Waals surface area contributed by atoms with E-state index in [9.17, 15) is 9.90 Å². The number of benzene rings is 1. The summed E-state index contributed by atoms with van der Waals surface area (Å²) in [5.41, 5.74) is 1.84. The van der Waals surface area contributed by atoms with Crippen LogP contribution in [0.2, 0.25) is 0 Å². The van der Waals surface area contributed by atoms with Crippen molar-refractivity contribution in [3.05, 3.63) is 41.9 Å². The van der Waals surface area contributed by atoms with Gasteiger partial charge < -0.3 is 15.0 Å². The van der Waals surface area contributed by atoms with E-state index in [-0.39, 0.29) is 5.91 Å². The highest BCUT2D eigenvalue weighted by Gasteiger charge is 2.34. The molecule has 1 fully saturated rings. The van der Waals surface area contributed by atoms with Gasteiger partial charge in [0, 0.05) is 24.2 Å². The van der Waals surface area contributed by atoms with Gasteiger partial charge in [-0.2, -0.15) is 0 Å². The van der Waals surface area contributed by atoms with Crippen LogP contribution in [0.5, 0.6) is 0 Å². The number of likely N-dealkylation sites (tertiary alicyclic amines) is 1. The molecule has 1 saturated heterocycles. The molecule has 1 amide bonds. The number of carbonyl (C=O) groups is 1. The van der Waals surface area contributed by atoms with Crippen LogP contribution >= 0.6 is 0 Å². The number of aromatic nitrogens is 1. The number of aliphatic hydroxyl groups is 1. The normalized spacial score (nSPS) is 19.3. The van der Waals surface area contributed by atoms with Crippen molar-refractivity contribution >= 4 is 16.8 Å². The molecule has 2 aromatic rings. The van der Waals surface area contributed by atoms with Gasteiger partial charge in [0.05, 0.1) is 0 Å². The molecule has 1 aliphatic rings. The van der Waals surface area contributed by atoms with Crippen LogP contribution in [0.25, 0.3) is 10.9 Å². The Kier molecular flexibility index (Phi) is 2.59. The Morgan fingerprint density at radius 2 is 2.22 bits per heavy atom. The summed E-state index contributed by atoms with van der Waals surface area (Å²) in [7, 11) is 0. The first-order chi connectivity index (χ1) is 8.66. The average Bonchev–Trinajstić information content (AvgIpc) is 2.79. The van der Waals surface area contributed by atoms with E-state index in [4.69, 9.17) is 0 Å². The molecule has 0 spiro atoms. The van der Waals surface area contributed by atoms with Crippen LogP contribution in [0.3, 0.4) is 0 Å². The van der Waals surface area contributed by atoms with Crippen molar-refractivity contribution in [3.63, 3.8) is 0 Å². The van der Waals surface area contributed by atoms with Crippen LogP contribution in [-0.2, 0) is 4.79 Å². The first kappa shape index (κ1) is 11.3. The van der Waals surface area contributed by atoms with Crippen LogP contribution in [-0.4, -0.2) is 33.7 Å². The molecule has 1 atom stereocenters. The molecular weight excluding hydrogens is 228 g/mol. The highest BCUT2D eigenvalue weighted by atomic mass is 16.3. The summed E-state index contributed by atoms with van der Waals surface area (Å²) in [5, 5.41) is 10.6. The third-order valence-corrected chi connectivity index (χ3v) is 3.50. The van der Waals surface area contributed by atoms with Gasteiger partial charge in [0.2, 0.25) is 5.91 Å². The lowest BCUT2D eigenvalue weighted by atomic mass is 10.0. The predicted octanol–water partition coefficient (Wildman–Crippen LogP) is 1.66. The van der Waals surface area contributed by atoms with Gasteiger partial charge in [0.15, 0.2) is 0 Å². The lowest BCUT2D eigenvalue weighted by Gasteiger charge is -2.38. The number of nitrogens with zero attached hydrogens (tertiary/aromatic N) is 1. The fourth-order valence-electron chi connectivity index (χ4n) is 2.22. The Balaban J connectivity index is 1.87. The SMILES string of the molecule is C[C](C(=O)N1CCC1O)c1cc2ccccc2[nH]1.